The number of Topliss-reactive ketones (excluding diaryl/α,β-unsaturated/α-hetero) is 1. The van der Waals surface area contributed by atoms with Crippen molar-refractivity contribution >= 4 is 50.0 Å². The standard InChI is InChI=1S/C27H25ClN2O4S/c1-14(2)33-17-10-7-15(8-11-17)23-22-24(31)18-5-3-4-6-20(18)34-25(22)26(32)30(23)27-29-19-12-9-16(28)13-21(19)35-27/h7-14,18,20,23H,3-6H2,1-2H3. The average molecular weight is 509 g/mol. The largest absolute Gasteiger partial charge is 0.491 e. The number of hydrogen-bond donors (Lipinski definition) is 0. The molecular formula is C27H25ClN2O4S. The van der Waals surface area contributed by atoms with Crippen LogP contribution in [0, 0.1) is 5.92 Å². The van der Waals surface area contributed by atoms with Crippen LogP contribution in [0.1, 0.15) is 51.1 Å². The van der Waals surface area contributed by atoms with Gasteiger partial charge in [-0.1, -0.05) is 41.5 Å². The van der Waals surface area contributed by atoms with Crippen LogP contribution in [0.25, 0.3) is 10.2 Å². The Hall–Kier alpha value is -2.90. The number of halogens is 1. The van der Waals surface area contributed by atoms with Gasteiger partial charge in [0.05, 0.1) is 33.9 Å². The number of fused-ring (bicyclic) bond motifs is 2. The molecular weight excluding hydrogens is 484 g/mol. The zero-order valence-corrected chi connectivity index (χ0v) is 21.1. The van der Waals surface area contributed by atoms with Crippen LogP contribution in [0.15, 0.2) is 53.8 Å². The molecule has 6 rings (SSSR count). The van der Waals surface area contributed by atoms with Gasteiger partial charge in [0.1, 0.15) is 11.9 Å². The Labute approximate surface area is 212 Å². The smallest absolute Gasteiger partial charge is 0.296 e. The highest BCUT2D eigenvalue weighted by Crippen LogP contribution is 2.49. The van der Waals surface area contributed by atoms with Gasteiger partial charge in [0.25, 0.3) is 5.91 Å². The number of ketones is 1. The molecule has 8 heteroatoms. The SMILES string of the molecule is CC(C)Oc1ccc(C2C3=C(OC4CCCCC4C3=O)C(=O)N2c2nc3ccc(Cl)cc3s2)cc1. The van der Waals surface area contributed by atoms with Gasteiger partial charge in [-0.3, -0.25) is 14.5 Å². The predicted octanol–water partition coefficient (Wildman–Crippen LogP) is 6.24. The van der Waals surface area contributed by atoms with Crippen molar-refractivity contribution in [3.8, 4) is 5.75 Å². The van der Waals surface area contributed by atoms with E-state index in [1.165, 1.54) is 11.3 Å². The Bertz CT molecular complexity index is 1360. The highest BCUT2D eigenvalue weighted by molar-refractivity contribution is 7.22. The minimum atomic E-state index is -0.600. The summed E-state index contributed by atoms with van der Waals surface area (Å²) >= 11 is 7.58. The summed E-state index contributed by atoms with van der Waals surface area (Å²) < 4.78 is 13.0. The van der Waals surface area contributed by atoms with Crippen LogP contribution in [0.4, 0.5) is 5.13 Å². The van der Waals surface area contributed by atoms with E-state index in [-0.39, 0.29) is 35.6 Å². The summed E-state index contributed by atoms with van der Waals surface area (Å²) in [5.41, 5.74) is 2.03. The van der Waals surface area contributed by atoms with Gasteiger partial charge in [-0.2, -0.15) is 0 Å². The molecule has 1 saturated carbocycles. The first-order valence-corrected chi connectivity index (χ1v) is 13.2. The normalized spacial score (nSPS) is 24.1. The summed E-state index contributed by atoms with van der Waals surface area (Å²) in [4.78, 5) is 34.0. The Morgan fingerprint density at radius 2 is 1.89 bits per heavy atom. The lowest BCUT2D eigenvalue weighted by atomic mass is 9.77. The molecule has 0 saturated heterocycles. The second-order valence-electron chi connectivity index (χ2n) is 9.58. The first-order chi connectivity index (χ1) is 16.9. The van der Waals surface area contributed by atoms with Gasteiger partial charge in [-0.15, -0.1) is 0 Å². The number of amides is 1. The van der Waals surface area contributed by atoms with Crippen molar-refractivity contribution in [2.45, 2.75) is 57.8 Å². The van der Waals surface area contributed by atoms with E-state index < -0.39 is 6.04 Å². The predicted molar refractivity (Wildman–Crippen MR) is 136 cm³/mol. The second-order valence-corrected chi connectivity index (χ2v) is 11.0. The van der Waals surface area contributed by atoms with Crippen molar-refractivity contribution in [2.24, 2.45) is 5.92 Å². The van der Waals surface area contributed by atoms with Crippen LogP contribution >= 0.6 is 22.9 Å². The van der Waals surface area contributed by atoms with Crippen LogP contribution in [0.2, 0.25) is 5.02 Å². The van der Waals surface area contributed by atoms with Gasteiger partial charge in [-0.25, -0.2) is 4.98 Å². The van der Waals surface area contributed by atoms with Crippen LogP contribution in [0.5, 0.6) is 5.75 Å². The molecule has 3 unspecified atom stereocenters. The summed E-state index contributed by atoms with van der Waals surface area (Å²) in [7, 11) is 0. The van der Waals surface area contributed by atoms with Crippen molar-refractivity contribution in [1.29, 1.82) is 0 Å². The Morgan fingerprint density at radius 3 is 2.66 bits per heavy atom. The molecule has 3 heterocycles. The van der Waals surface area contributed by atoms with Crippen molar-refractivity contribution in [3.05, 3.63) is 64.4 Å². The number of anilines is 1. The number of carbonyl (C=O) groups is 2. The molecule has 0 spiro atoms. The highest BCUT2D eigenvalue weighted by atomic mass is 35.5. The highest BCUT2D eigenvalue weighted by Gasteiger charge is 2.53. The zero-order chi connectivity index (χ0) is 24.3. The molecule has 1 aliphatic carbocycles. The number of aromatic nitrogens is 1. The molecule has 0 radical (unpaired) electrons. The lowest BCUT2D eigenvalue weighted by molar-refractivity contribution is -0.131. The van der Waals surface area contributed by atoms with Gasteiger partial charge in [0.15, 0.2) is 16.7 Å². The van der Waals surface area contributed by atoms with E-state index in [9.17, 15) is 9.59 Å². The molecule has 3 atom stereocenters. The number of nitrogens with zero attached hydrogens (tertiary/aromatic N) is 2. The fourth-order valence-electron chi connectivity index (χ4n) is 5.35. The molecule has 3 aromatic rings. The fraction of sp³-hybridized carbons (Fsp3) is 0.370. The van der Waals surface area contributed by atoms with Gasteiger partial charge >= 0.3 is 0 Å². The minimum absolute atomic E-state index is 0.0310. The quantitative estimate of drug-likeness (QED) is 0.417. The Kier molecular flexibility index (Phi) is 5.57. The number of thiazole rings is 1. The molecule has 6 nitrogen and oxygen atoms in total. The molecule has 1 fully saturated rings. The number of rotatable bonds is 4. The van der Waals surface area contributed by atoms with Crippen LogP contribution in [-0.4, -0.2) is 28.9 Å². The second kappa shape index (κ2) is 8.64. The summed E-state index contributed by atoms with van der Waals surface area (Å²) in [5, 5.41) is 1.13. The third kappa shape index (κ3) is 3.81. The van der Waals surface area contributed by atoms with Crippen LogP contribution in [-0.2, 0) is 14.3 Å². The van der Waals surface area contributed by atoms with Crippen LogP contribution < -0.4 is 9.64 Å². The van der Waals surface area contributed by atoms with E-state index >= 15 is 0 Å². The summed E-state index contributed by atoms with van der Waals surface area (Å²) in [5.74, 6) is 0.443. The van der Waals surface area contributed by atoms with E-state index in [2.05, 4.69) is 0 Å². The average Bonchev–Trinajstić information content (AvgIpc) is 3.37. The minimum Gasteiger partial charge on any atom is -0.491 e. The van der Waals surface area contributed by atoms with E-state index in [0.717, 1.165) is 47.2 Å². The third-order valence-electron chi connectivity index (χ3n) is 6.88. The molecule has 2 aliphatic heterocycles. The zero-order valence-electron chi connectivity index (χ0n) is 19.5. The van der Waals surface area contributed by atoms with Crippen molar-refractivity contribution in [2.75, 3.05) is 4.90 Å². The summed E-state index contributed by atoms with van der Waals surface area (Å²) in [6.45, 7) is 3.95. The van der Waals surface area contributed by atoms with Gasteiger partial charge in [0, 0.05) is 5.02 Å². The van der Waals surface area contributed by atoms with Crippen molar-refractivity contribution in [3.63, 3.8) is 0 Å². The Balaban J connectivity index is 1.47. The fourth-order valence-corrected chi connectivity index (χ4v) is 6.62. The Morgan fingerprint density at radius 1 is 1.11 bits per heavy atom. The number of carbonyl (C=O) groups excluding carboxylic acids is 2. The summed E-state index contributed by atoms with van der Waals surface area (Å²) in [6.07, 6.45) is 3.42. The lowest BCUT2D eigenvalue weighted by Crippen LogP contribution is -2.39. The number of hydrogen-bond acceptors (Lipinski definition) is 6. The molecule has 35 heavy (non-hydrogen) atoms. The van der Waals surface area contributed by atoms with E-state index in [1.807, 2.05) is 50.2 Å². The topological polar surface area (TPSA) is 68.7 Å². The molecule has 1 amide bonds. The van der Waals surface area contributed by atoms with Gasteiger partial charge < -0.3 is 9.47 Å². The first-order valence-electron chi connectivity index (χ1n) is 12.0. The molecule has 0 bridgehead atoms. The lowest BCUT2D eigenvalue weighted by Gasteiger charge is -2.35. The number of benzene rings is 2. The maximum Gasteiger partial charge on any atom is 0.296 e. The van der Waals surface area contributed by atoms with Gasteiger partial charge in [0.2, 0.25) is 0 Å². The van der Waals surface area contributed by atoms with Crippen molar-refractivity contribution < 1.29 is 19.1 Å². The van der Waals surface area contributed by atoms with Crippen LogP contribution in [0.3, 0.4) is 0 Å². The van der Waals surface area contributed by atoms with E-state index in [1.54, 1.807) is 11.0 Å². The summed E-state index contributed by atoms with van der Waals surface area (Å²) in [6, 6.07) is 12.5. The van der Waals surface area contributed by atoms with Gasteiger partial charge in [-0.05, 0) is 69.0 Å². The maximum atomic E-state index is 13.8. The van der Waals surface area contributed by atoms with Crippen molar-refractivity contribution in [1.82, 2.24) is 4.98 Å². The third-order valence-corrected chi connectivity index (χ3v) is 8.13. The van der Waals surface area contributed by atoms with E-state index in [0.29, 0.717) is 15.7 Å². The molecule has 0 N–H and O–H groups in total. The van der Waals surface area contributed by atoms with E-state index in [4.69, 9.17) is 26.1 Å². The number of ether oxygens (including phenoxy) is 2. The molecule has 2 aromatic carbocycles. The molecule has 1 aromatic heterocycles. The maximum absolute atomic E-state index is 13.8. The first kappa shape index (κ1) is 22.6. The molecule has 180 valence electrons. The molecule has 3 aliphatic rings. The monoisotopic (exact) mass is 508 g/mol.